The van der Waals surface area contributed by atoms with Crippen LogP contribution >= 0.6 is 0 Å². The van der Waals surface area contributed by atoms with Gasteiger partial charge in [0.05, 0.1) is 26.7 Å². The lowest BCUT2D eigenvalue weighted by Crippen LogP contribution is -2.31. The van der Waals surface area contributed by atoms with Gasteiger partial charge in [-0.1, -0.05) is 30.3 Å². The van der Waals surface area contributed by atoms with Gasteiger partial charge >= 0.3 is 0 Å². The van der Waals surface area contributed by atoms with Gasteiger partial charge in [0, 0.05) is 12.6 Å². The van der Waals surface area contributed by atoms with E-state index in [0.717, 1.165) is 22.6 Å². The Morgan fingerprint density at radius 2 is 1.83 bits per heavy atom. The molecule has 0 heterocycles. The number of hydrogen-bond donors (Lipinski definition) is 0. The molecule has 2 aromatic rings. The lowest BCUT2D eigenvalue weighted by molar-refractivity contribution is -0.131. The van der Waals surface area contributed by atoms with Crippen LogP contribution in [-0.2, 0) is 11.2 Å². The molecule has 0 N–H and O–H groups in total. The summed E-state index contributed by atoms with van der Waals surface area (Å²) in [5.41, 5.74) is 1.94. The summed E-state index contributed by atoms with van der Waals surface area (Å²) < 4.78 is 10.6. The monoisotopic (exact) mass is 313 g/mol. The second-order valence-electron chi connectivity index (χ2n) is 5.45. The van der Waals surface area contributed by atoms with Crippen LogP contribution < -0.4 is 9.47 Å². The van der Waals surface area contributed by atoms with Crippen LogP contribution in [0.25, 0.3) is 0 Å². The van der Waals surface area contributed by atoms with Crippen LogP contribution in [-0.4, -0.2) is 32.1 Å². The number of hydrogen-bond acceptors (Lipinski definition) is 3. The molecule has 0 spiro atoms. The van der Waals surface area contributed by atoms with Crippen LogP contribution in [0.1, 0.15) is 24.1 Å². The third kappa shape index (κ3) is 4.03. The second-order valence-corrected chi connectivity index (χ2v) is 5.45. The molecule has 1 unspecified atom stereocenters. The summed E-state index contributed by atoms with van der Waals surface area (Å²) in [7, 11) is 5.08. The molecule has 0 aliphatic heterocycles. The van der Waals surface area contributed by atoms with Crippen LogP contribution in [0, 0.1) is 0 Å². The lowest BCUT2D eigenvalue weighted by Gasteiger charge is -2.26. The number of ether oxygens (including phenoxy) is 2. The van der Waals surface area contributed by atoms with Crippen molar-refractivity contribution in [2.45, 2.75) is 19.4 Å². The van der Waals surface area contributed by atoms with Gasteiger partial charge in [-0.05, 0) is 30.7 Å². The maximum absolute atomic E-state index is 12.6. The topological polar surface area (TPSA) is 38.8 Å². The predicted molar refractivity (Wildman–Crippen MR) is 90.9 cm³/mol. The van der Waals surface area contributed by atoms with Crippen molar-refractivity contribution in [1.29, 1.82) is 0 Å². The van der Waals surface area contributed by atoms with Crippen LogP contribution in [0.15, 0.2) is 48.5 Å². The molecule has 0 aliphatic carbocycles. The first kappa shape index (κ1) is 16.9. The zero-order chi connectivity index (χ0) is 16.8. The summed E-state index contributed by atoms with van der Waals surface area (Å²) in [5, 5.41) is 0. The van der Waals surface area contributed by atoms with Crippen molar-refractivity contribution in [2.75, 3.05) is 21.3 Å². The summed E-state index contributed by atoms with van der Waals surface area (Å²) in [5.74, 6) is 1.61. The zero-order valence-corrected chi connectivity index (χ0v) is 14.1. The van der Waals surface area contributed by atoms with E-state index in [9.17, 15) is 4.79 Å². The summed E-state index contributed by atoms with van der Waals surface area (Å²) in [4.78, 5) is 14.3. The van der Waals surface area contributed by atoms with Crippen molar-refractivity contribution in [3.63, 3.8) is 0 Å². The Balaban J connectivity index is 2.12. The van der Waals surface area contributed by atoms with Gasteiger partial charge in [0.15, 0.2) is 0 Å². The minimum atomic E-state index is -0.0655. The van der Waals surface area contributed by atoms with Gasteiger partial charge < -0.3 is 14.4 Å². The number of methoxy groups -OCH3 is 2. The Hall–Kier alpha value is -2.49. The van der Waals surface area contributed by atoms with E-state index in [1.165, 1.54) is 0 Å². The van der Waals surface area contributed by atoms with E-state index in [1.807, 2.05) is 62.5 Å². The number of carbonyl (C=O) groups is 1. The Labute approximate surface area is 137 Å². The maximum atomic E-state index is 12.6. The number of carbonyl (C=O) groups excluding carboxylic acids is 1. The fourth-order valence-corrected chi connectivity index (χ4v) is 2.52. The van der Waals surface area contributed by atoms with E-state index in [2.05, 4.69) is 0 Å². The number of benzene rings is 2. The first-order chi connectivity index (χ1) is 11.1. The maximum Gasteiger partial charge on any atom is 0.227 e. The van der Waals surface area contributed by atoms with Gasteiger partial charge in [-0.15, -0.1) is 0 Å². The van der Waals surface area contributed by atoms with Gasteiger partial charge in [0.1, 0.15) is 11.5 Å². The quantitative estimate of drug-likeness (QED) is 0.820. The number of nitrogens with zero attached hydrogens (tertiary/aromatic N) is 1. The van der Waals surface area contributed by atoms with Gasteiger partial charge in [-0.3, -0.25) is 4.79 Å². The fraction of sp³-hybridized carbons (Fsp3) is 0.316. The average molecular weight is 313 g/mol. The van der Waals surface area contributed by atoms with E-state index >= 15 is 0 Å². The number of para-hydroxylation sites is 1. The number of amides is 1. The van der Waals surface area contributed by atoms with E-state index in [0.29, 0.717) is 6.42 Å². The van der Waals surface area contributed by atoms with Crippen molar-refractivity contribution in [2.24, 2.45) is 0 Å². The minimum absolute atomic E-state index is 0.0525. The summed E-state index contributed by atoms with van der Waals surface area (Å²) in [6.07, 6.45) is 0.340. The van der Waals surface area contributed by atoms with Crippen molar-refractivity contribution < 1.29 is 14.3 Å². The van der Waals surface area contributed by atoms with Gasteiger partial charge in [0.2, 0.25) is 5.91 Å². The molecule has 1 atom stereocenters. The van der Waals surface area contributed by atoms with Crippen molar-refractivity contribution in [3.05, 3.63) is 59.7 Å². The Morgan fingerprint density at radius 1 is 1.09 bits per heavy atom. The highest BCUT2D eigenvalue weighted by atomic mass is 16.5. The molecule has 0 aliphatic rings. The highest BCUT2D eigenvalue weighted by Crippen LogP contribution is 2.28. The second kappa shape index (κ2) is 7.68. The normalized spacial score (nSPS) is 11.7. The Morgan fingerprint density at radius 3 is 2.52 bits per heavy atom. The molecule has 0 aromatic heterocycles. The van der Waals surface area contributed by atoms with E-state index < -0.39 is 0 Å². The molecular formula is C19H23NO3. The molecule has 4 nitrogen and oxygen atoms in total. The molecule has 0 bridgehead atoms. The van der Waals surface area contributed by atoms with Gasteiger partial charge in [-0.25, -0.2) is 0 Å². The van der Waals surface area contributed by atoms with Crippen LogP contribution in [0.3, 0.4) is 0 Å². The molecule has 2 rings (SSSR count). The molecule has 0 fully saturated rings. The fourth-order valence-electron chi connectivity index (χ4n) is 2.52. The molecule has 0 radical (unpaired) electrons. The molecule has 4 heteroatoms. The van der Waals surface area contributed by atoms with Crippen LogP contribution in [0.4, 0.5) is 0 Å². The molecule has 23 heavy (non-hydrogen) atoms. The highest BCUT2D eigenvalue weighted by molar-refractivity contribution is 5.79. The van der Waals surface area contributed by atoms with E-state index in [4.69, 9.17) is 9.47 Å². The molecule has 1 amide bonds. The lowest BCUT2D eigenvalue weighted by atomic mass is 10.0. The summed E-state index contributed by atoms with van der Waals surface area (Å²) >= 11 is 0. The van der Waals surface area contributed by atoms with E-state index in [-0.39, 0.29) is 11.9 Å². The first-order valence-corrected chi connectivity index (χ1v) is 7.58. The third-order valence-electron chi connectivity index (χ3n) is 4.05. The highest BCUT2D eigenvalue weighted by Gasteiger charge is 2.20. The average Bonchev–Trinajstić information content (AvgIpc) is 2.60. The number of rotatable bonds is 6. The first-order valence-electron chi connectivity index (χ1n) is 7.58. The smallest absolute Gasteiger partial charge is 0.227 e. The summed E-state index contributed by atoms with van der Waals surface area (Å²) in [6.45, 7) is 2.00. The standard InChI is InChI=1S/C19H23NO3/c1-14(17-10-5-6-11-18(17)23-4)20(2)19(21)13-15-8-7-9-16(12-15)22-3/h5-12,14H,13H2,1-4H3. The molecule has 122 valence electrons. The summed E-state index contributed by atoms with van der Waals surface area (Å²) in [6, 6.07) is 15.3. The zero-order valence-electron chi connectivity index (χ0n) is 14.1. The van der Waals surface area contributed by atoms with Crippen molar-refractivity contribution >= 4 is 5.91 Å². The van der Waals surface area contributed by atoms with Gasteiger partial charge in [0.25, 0.3) is 0 Å². The predicted octanol–water partition coefficient (Wildman–Crippen LogP) is 3.47. The van der Waals surface area contributed by atoms with Gasteiger partial charge in [-0.2, -0.15) is 0 Å². The Bertz CT molecular complexity index is 669. The third-order valence-corrected chi connectivity index (χ3v) is 4.05. The van der Waals surface area contributed by atoms with Crippen molar-refractivity contribution in [3.8, 4) is 11.5 Å². The molecular weight excluding hydrogens is 290 g/mol. The molecule has 0 saturated heterocycles. The SMILES string of the molecule is COc1cccc(CC(=O)N(C)C(C)c2ccccc2OC)c1. The number of likely N-dealkylation sites (N-methyl/N-ethyl adjacent to an activating group) is 1. The van der Waals surface area contributed by atoms with Crippen molar-refractivity contribution in [1.82, 2.24) is 4.90 Å². The van der Waals surface area contributed by atoms with E-state index in [1.54, 1.807) is 19.1 Å². The van der Waals surface area contributed by atoms with Crippen LogP contribution in [0.5, 0.6) is 11.5 Å². The largest absolute Gasteiger partial charge is 0.497 e. The molecule has 0 saturated carbocycles. The Kier molecular flexibility index (Phi) is 5.63. The van der Waals surface area contributed by atoms with Crippen LogP contribution in [0.2, 0.25) is 0 Å². The molecule has 2 aromatic carbocycles. The minimum Gasteiger partial charge on any atom is -0.497 e.